The van der Waals surface area contributed by atoms with E-state index >= 15 is 0 Å². The Morgan fingerprint density at radius 2 is 1.93 bits per heavy atom. The van der Waals surface area contributed by atoms with Crippen LogP contribution in [-0.2, 0) is 22.6 Å². The number of hydrogen-bond donors (Lipinski definition) is 1. The van der Waals surface area contributed by atoms with E-state index in [2.05, 4.69) is 15.2 Å². The minimum absolute atomic E-state index is 0.00692. The maximum atomic E-state index is 13.2. The molecular formula is C19H16F4N2O3. The second-order valence-corrected chi connectivity index (χ2v) is 6.18. The highest BCUT2D eigenvalue weighted by molar-refractivity contribution is 5.93. The van der Waals surface area contributed by atoms with Crippen molar-refractivity contribution in [1.29, 1.82) is 0 Å². The molecule has 1 heterocycles. The third-order valence-corrected chi connectivity index (χ3v) is 3.92. The standard InChI is InChI=1S/C19H16F4N2O3/c20-14-5-1-3-12(7-14)8-15-10-17(28-25-15)18(26)24-11-13-4-2-6-16(9-13)27-19(21,22)23/h1-7,9,17H,8,10-11H2,(H,24,26)/t17-/m1/s1. The van der Waals surface area contributed by atoms with Gasteiger partial charge in [0.1, 0.15) is 11.6 Å². The van der Waals surface area contributed by atoms with E-state index in [4.69, 9.17) is 4.84 Å². The molecule has 1 aliphatic heterocycles. The minimum Gasteiger partial charge on any atom is -0.406 e. The minimum atomic E-state index is -4.78. The smallest absolute Gasteiger partial charge is 0.406 e. The second kappa shape index (κ2) is 8.28. The Bertz CT molecular complexity index is 883. The summed E-state index contributed by atoms with van der Waals surface area (Å²) < 4.78 is 53.9. The molecular weight excluding hydrogens is 380 g/mol. The van der Waals surface area contributed by atoms with Crippen molar-refractivity contribution in [2.24, 2.45) is 5.16 Å². The van der Waals surface area contributed by atoms with Crippen molar-refractivity contribution in [3.05, 3.63) is 65.5 Å². The van der Waals surface area contributed by atoms with Crippen LogP contribution in [0, 0.1) is 5.82 Å². The summed E-state index contributed by atoms with van der Waals surface area (Å²) in [6.07, 6.45) is -5.01. The van der Waals surface area contributed by atoms with Crippen LogP contribution >= 0.6 is 0 Å². The maximum absolute atomic E-state index is 13.2. The van der Waals surface area contributed by atoms with Gasteiger partial charge < -0.3 is 14.9 Å². The fourth-order valence-electron chi connectivity index (χ4n) is 2.71. The number of carbonyl (C=O) groups excluding carboxylic acids is 1. The Kier molecular flexibility index (Phi) is 5.81. The molecule has 0 unspecified atom stereocenters. The molecule has 0 aromatic heterocycles. The number of hydrogen-bond acceptors (Lipinski definition) is 4. The number of amides is 1. The molecule has 0 radical (unpaired) electrons. The average molecular weight is 396 g/mol. The average Bonchev–Trinajstić information content (AvgIpc) is 3.07. The van der Waals surface area contributed by atoms with Crippen molar-refractivity contribution in [1.82, 2.24) is 5.32 Å². The van der Waals surface area contributed by atoms with Gasteiger partial charge in [-0.2, -0.15) is 0 Å². The number of benzene rings is 2. The lowest BCUT2D eigenvalue weighted by Crippen LogP contribution is -2.34. The number of carbonyl (C=O) groups is 1. The zero-order chi connectivity index (χ0) is 20.1. The van der Waals surface area contributed by atoms with Crippen LogP contribution in [0.15, 0.2) is 53.7 Å². The van der Waals surface area contributed by atoms with Crippen LogP contribution in [-0.4, -0.2) is 24.1 Å². The summed E-state index contributed by atoms with van der Waals surface area (Å²) in [7, 11) is 0. The number of alkyl halides is 3. The van der Waals surface area contributed by atoms with Crippen molar-refractivity contribution in [2.75, 3.05) is 0 Å². The number of halogens is 4. The van der Waals surface area contributed by atoms with Gasteiger partial charge in [-0.1, -0.05) is 29.4 Å². The number of ether oxygens (including phenoxy) is 1. The Morgan fingerprint density at radius 3 is 2.68 bits per heavy atom. The van der Waals surface area contributed by atoms with E-state index in [-0.39, 0.29) is 24.5 Å². The number of oxime groups is 1. The van der Waals surface area contributed by atoms with E-state index in [0.717, 1.165) is 0 Å². The lowest BCUT2D eigenvalue weighted by atomic mass is 10.0. The van der Waals surface area contributed by atoms with Gasteiger partial charge >= 0.3 is 6.36 Å². The predicted molar refractivity (Wildman–Crippen MR) is 92.0 cm³/mol. The Labute approximate surface area is 157 Å². The van der Waals surface area contributed by atoms with Gasteiger partial charge in [-0.3, -0.25) is 4.79 Å². The molecule has 3 rings (SSSR count). The Hall–Kier alpha value is -3.10. The summed E-state index contributed by atoms with van der Waals surface area (Å²) >= 11 is 0. The number of rotatable bonds is 6. The van der Waals surface area contributed by atoms with E-state index < -0.39 is 18.4 Å². The summed E-state index contributed by atoms with van der Waals surface area (Å²) in [6.45, 7) is 0.00692. The zero-order valence-electron chi connectivity index (χ0n) is 14.5. The molecule has 5 nitrogen and oxygen atoms in total. The van der Waals surface area contributed by atoms with Crippen molar-refractivity contribution in [3.8, 4) is 5.75 Å². The number of nitrogens with zero attached hydrogens (tertiary/aromatic N) is 1. The lowest BCUT2D eigenvalue weighted by molar-refractivity contribution is -0.274. The molecule has 28 heavy (non-hydrogen) atoms. The van der Waals surface area contributed by atoms with Crippen LogP contribution in [0.5, 0.6) is 5.75 Å². The van der Waals surface area contributed by atoms with E-state index in [9.17, 15) is 22.4 Å². The fraction of sp³-hybridized carbons (Fsp3) is 0.263. The molecule has 2 aromatic carbocycles. The van der Waals surface area contributed by atoms with Crippen LogP contribution in [0.1, 0.15) is 17.5 Å². The summed E-state index contributed by atoms with van der Waals surface area (Å²) in [4.78, 5) is 17.3. The molecule has 1 N–H and O–H groups in total. The van der Waals surface area contributed by atoms with Gasteiger partial charge in [-0.25, -0.2) is 4.39 Å². The molecule has 0 saturated heterocycles. The first kappa shape index (κ1) is 19.7. The normalized spacial score (nSPS) is 16.3. The highest BCUT2D eigenvalue weighted by Gasteiger charge is 2.31. The van der Waals surface area contributed by atoms with Gasteiger partial charge in [0.2, 0.25) is 6.10 Å². The first-order chi connectivity index (χ1) is 13.3. The van der Waals surface area contributed by atoms with Gasteiger partial charge in [-0.05, 0) is 35.4 Å². The van der Waals surface area contributed by atoms with Gasteiger partial charge in [0.25, 0.3) is 5.91 Å². The van der Waals surface area contributed by atoms with Gasteiger partial charge in [-0.15, -0.1) is 13.2 Å². The van der Waals surface area contributed by atoms with Crippen LogP contribution in [0.3, 0.4) is 0 Å². The topological polar surface area (TPSA) is 59.9 Å². The quantitative estimate of drug-likeness (QED) is 0.757. The summed E-state index contributed by atoms with van der Waals surface area (Å²) in [5.74, 6) is -1.17. The van der Waals surface area contributed by atoms with Gasteiger partial charge in [0.15, 0.2) is 0 Å². The van der Waals surface area contributed by atoms with E-state index in [1.165, 1.54) is 30.3 Å². The Balaban J connectivity index is 1.49. The van der Waals surface area contributed by atoms with E-state index in [1.807, 2.05) is 0 Å². The van der Waals surface area contributed by atoms with Crippen LogP contribution in [0.2, 0.25) is 0 Å². The third-order valence-electron chi connectivity index (χ3n) is 3.92. The van der Waals surface area contributed by atoms with Crippen molar-refractivity contribution < 1.29 is 31.9 Å². The van der Waals surface area contributed by atoms with E-state index in [1.54, 1.807) is 18.2 Å². The number of nitrogens with one attached hydrogen (secondary N) is 1. The molecule has 9 heteroatoms. The Morgan fingerprint density at radius 1 is 1.18 bits per heavy atom. The van der Waals surface area contributed by atoms with Crippen LogP contribution in [0.4, 0.5) is 17.6 Å². The monoisotopic (exact) mass is 396 g/mol. The molecule has 0 saturated carbocycles. The SMILES string of the molecule is O=C(NCc1cccc(OC(F)(F)F)c1)[C@H]1CC(Cc2cccc(F)c2)=NO1. The van der Waals surface area contributed by atoms with E-state index in [0.29, 0.717) is 23.3 Å². The predicted octanol–water partition coefficient (Wildman–Crippen LogP) is 3.73. The molecule has 0 fully saturated rings. The summed E-state index contributed by atoms with van der Waals surface area (Å²) in [6, 6.07) is 11.4. The first-order valence-electron chi connectivity index (χ1n) is 8.37. The molecule has 1 amide bonds. The lowest BCUT2D eigenvalue weighted by Gasteiger charge is -2.12. The molecule has 0 spiro atoms. The third kappa shape index (κ3) is 5.70. The summed E-state index contributed by atoms with van der Waals surface area (Å²) in [5.41, 5.74) is 1.75. The molecule has 1 atom stereocenters. The van der Waals surface area contributed by atoms with Crippen molar-refractivity contribution in [2.45, 2.75) is 31.9 Å². The molecule has 148 valence electrons. The highest BCUT2D eigenvalue weighted by atomic mass is 19.4. The maximum Gasteiger partial charge on any atom is 0.573 e. The van der Waals surface area contributed by atoms with Crippen molar-refractivity contribution >= 4 is 11.6 Å². The summed E-state index contributed by atoms with van der Waals surface area (Å²) in [5, 5.41) is 6.45. The fourth-order valence-corrected chi connectivity index (χ4v) is 2.71. The van der Waals surface area contributed by atoms with Gasteiger partial charge in [0.05, 0.1) is 5.71 Å². The molecule has 1 aliphatic rings. The first-order valence-corrected chi connectivity index (χ1v) is 8.37. The molecule has 0 aliphatic carbocycles. The van der Waals surface area contributed by atoms with Crippen LogP contribution < -0.4 is 10.1 Å². The van der Waals surface area contributed by atoms with Gasteiger partial charge in [0, 0.05) is 19.4 Å². The second-order valence-electron chi connectivity index (χ2n) is 6.18. The molecule has 0 bridgehead atoms. The highest BCUT2D eigenvalue weighted by Crippen LogP contribution is 2.23. The van der Waals surface area contributed by atoms with Crippen molar-refractivity contribution in [3.63, 3.8) is 0 Å². The zero-order valence-corrected chi connectivity index (χ0v) is 14.5. The molecule has 2 aromatic rings. The largest absolute Gasteiger partial charge is 0.573 e. The van der Waals surface area contributed by atoms with Crippen LogP contribution in [0.25, 0.3) is 0 Å².